The van der Waals surface area contributed by atoms with E-state index in [-0.39, 0.29) is 11.7 Å². The number of nitrogens with one attached hydrogen (secondary N) is 1. The second-order valence-corrected chi connectivity index (χ2v) is 7.57. The predicted octanol–water partition coefficient (Wildman–Crippen LogP) is 4.54. The minimum absolute atomic E-state index is 0.269. The lowest BCUT2D eigenvalue weighted by atomic mass is 9.99. The molecule has 0 radical (unpaired) electrons. The normalized spacial score (nSPS) is 14.3. The van der Waals surface area contributed by atoms with E-state index in [9.17, 15) is 9.18 Å². The van der Waals surface area contributed by atoms with Gasteiger partial charge in [-0.1, -0.05) is 48.5 Å². The summed E-state index contributed by atoms with van der Waals surface area (Å²) in [7, 11) is 0. The number of nitrogens with zero attached hydrogens (tertiary/aromatic N) is 2. The van der Waals surface area contributed by atoms with Crippen molar-refractivity contribution in [3.05, 3.63) is 106 Å². The third kappa shape index (κ3) is 4.81. The van der Waals surface area contributed by atoms with Crippen LogP contribution in [0.3, 0.4) is 0 Å². The first-order valence-electron chi connectivity index (χ1n) is 10.1. The van der Waals surface area contributed by atoms with Crippen LogP contribution < -0.4 is 5.43 Å². The fourth-order valence-electron chi connectivity index (χ4n) is 3.66. The maximum absolute atomic E-state index is 13.0. The average Bonchev–Trinajstić information content (AvgIpc) is 2.78. The molecule has 1 heterocycles. The Bertz CT molecular complexity index is 1060. The summed E-state index contributed by atoms with van der Waals surface area (Å²) in [5.74, 6) is -0.570. The van der Waals surface area contributed by atoms with Crippen LogP contribution in [0.4, 0.5) is 4.39 Å². The van der Waals surface area contributed by atoms with Crippen molar-refractivity contribution in [3.63, 3.8) is 0 Å². The van der Waals surface area contributed by atoms with Gasteiger partial charge in [0.25, 0.3) is 5.91 Å². The van der Waals surface area contributed by atoms with Crippen molar-refractivity contribution < 1.29 is 9.18 Å². The van der Waals surface area contributed by atoms with E-state index in [4.69, 9.17) is 0 Å². The maximum Gasteiger partial charge on any atom is 0.271 e. The molecule has 30 heavy (non-hydrogen) atoms. The van der Waals surface area contributed by atoms with Crippen molar-refractivity contribution in [1.29, 1.82) is 0 Å². The highest BCUT2D eigenvalue weighted by Gasteiger charge is 2.16. The Balaban J connectivity index is 1.34. The fourth-order valence-corrected chi connectivity index (χ4v) is 3.66. The molecule has 0 spiro atoms. The van der Waals surface area contributed by atoms with Crippen molar-refractivity contribution in [2.45, 2.75) is 26.4 Å². The molecule has 152 valence electrons. The van der Waals surface area contributed by atoms with Crippen molar-refractivity contribution >= 4 is 11.6 Å². The van der Waals surface area contributed by atoms with Crippen molar-refractivity contribution in [2.24, 2.45) is 5.10 Å². The Hall–Kier alpha value is -3.31. The third-order valence-electron chi connectivity index (χ3n) is 5.42. The van der Waals surface area contributed by atoms with Crippen LogP contribution in [0, 0.1) is 5.82 Å². The number of benzene rings is 3. The molecule has 3 aromatic rings. The SMILES string of the molecule is C/C(=N/NC(=O)c1ccc(CN2CCc3ccccc3C2)cc1)c1ccc(F)cc1. The summed E-state index contributed by atoms with van der Waals surface area (Å²) in [6, 6.07) is 22.2. The zero-order valence-electron chi connectivity index (χ0n) is 16.9. The number of hydrazone groups is 1. The summed E-state index contributed by atoms with van der Waals surface area (Å²) in [6.45, 7) is 4.62. The first kappa shape index (κ1) is 20.0. The van der Waals surface area contributed by atoms with Crippen LogP contribution in [0.2, 0.25) is 0 Å². The van der Waals surface area contributed by atoms with E-state index >= 15 is 0 Å². The molecule has 4 nitrogen and oxygen atoms in total. The van der Waals surface area contributed by atoms with Gasteiger partial charge in [0, 0.05) is 25.2 Å². The molecule has 0 aliphatic carbocycles. The smallest absolute Gasteiger partial charge is 0.271 e. The highest BCUT2D eigenvalue weighted by Crippen LogP contribution is 2.20. The second-order valence-electron chi connectivity index (χ2n) is 7.57. The lowest BCUT2D eigenvalue weighted by molar-refractivity contribution is 0.0955. The van der Waals surface area contributed by atoms with E-state index in [1.807, 2.05) is 24.3 Å². The zero-order valence-corrected chi connectivity index (χ0v) is 16.9. The van der Waals surface area contributed by atoms with Gasteiger partial charge >= 0.3 is 0 Å². The molecule has 0 unspecified atom stereocenters. The lowest BCUT2D eigenvalue weighted by Gasteiger charge is -2.28. The van der Waals surface area contributed by atoms with Crippen molar-refractivity contribution in [3.8, 4) is 0 Å². The monoisotopic (exact) mass is 401 g/mol. The van der Waals surface area contributed by atoms with Gasteiger partial charge in [0.1, 0.15) is 5.82 Å². The second kappa shape index (κ2) is 9.01. The fraction of sp³-hybridized carbons (Fsp3) is 0.200. The van der Waals surface area contributed by atoms with E-state index in [0.29, 0.717) is 11.3 Å². The minimum Gasteiger partial charge on any atom is -0.294 e. The summed E-state index contributed by atoms with van der Waals surface area (Å²) in [5.41, 5.74) is 8.52. The number of halogens is 1. The zero-order chi connectivity index (χ0) is 20.9. The van der Waals surface area contributed by atoms with E-state index in [1.165, 1.54) is 28.8 Å². The number of fused-ring (bicyclic) bond motifs is 1. The average molecular weight is 401 g/mol. The number of carbonyl (C=O) groups is 1. The van der Waals surface area contributed by atoms with E-state index < -0.39 is 0 Å². The molecule has 3 aromatic carbocycles. The quantitative estimate of drug-likeness (QED) is 0.504. The lowest BCUT2D eigenvalue weighted by Crippen LogP contribution is -2.30. The Labute approximate surface area is 176 Å². The van der Waals surface area contributed by atoms with Gasteiger partial charge in [0.05, 0.1) is 5.71 Å². The Kier molecular flexibility index (Phi) is 6.00. The number of rotatable bonds is 5. The third-order valence-corrected chi connectivity index (χ3v) is 5.42. The van der Waals surface area contributed by atoms with Crippen molar-refractivity contribution in [1.82, 2.24) is 10.3 Å². The first-order chi connectivity index (χ1) is 14.6. The number of hydrogen-bond donors (Lipinski definition) is 1. The molecule has 0 saturated heterocycles. The van der Waals surface area contributed by atoms with E-state index in [2.05, 4.69) is 39.7 Å². The van der Waals surface area contributed by atoms with Crippen LogP contribution in [-0.2, 0) is 19.5 Å². The number of amides is 1. The van der Waals surface area contributed by atoms with Crippen LogP contribution in [0.15, 0.2) is 77.9 Å². The Morgan fingerprint density at radius 2 is 1.63 bits per heavy atom. The van der Waals surface area contributed by atoms with E-state index in [0.717, 1.165) is 31.6 Å². The Morgan fingerprint density at radius 3 is 2.37 bits per heavy atom. The number of hydrogen-bond acceptors (Lipinski definition) is 3. The van der Waals surface area contributed by atoms with Crippen LogP contribution in [0.1, 0.15) is 39.5 Å². The van der Waals surface area contributed by atoms with Gasteiger partial charge in [-0.15, -0.1) is 0 Å². The topological polar surface area (TPSA) is 44.7 Å². The summed E-state index contributed by atoms with van der Waals surface area (Å²) in [6.07, 6.45) is 1.07. The molecule has 0 fully saturated rings. The molecule has 1 amide bonds. The molecular weight excluding hydrogens is 377 g/mol. The highest BCUT2D eigenvalue weighted by molar-refractivity contribution is 6.00. The standard InChI is InChI=1S/C25H24FN3O/c1-18(20-10-12-24(26)13-11-20)27-28-25(30)22-8-6-19(7-9-22)16-29-15-14-21-4-2-3-5-23(21)17-29/h2-13H,14-17H2,1H3,(H,28,30)/b27-18-. The highest BCUT2D eigenvalue weighted by atomic mass is 19.1. The maximum atomic E-state index is 13.0. The summed E-state index contributed by atoms with van der Waals surface area (Å²) in [5, 5.41) is 4.12. The largest absolute Gasteiger partial charge is 0.294 e. The predicted molar refractivity (Wildman–Crippen MR) is 117 cm³/mol. The molecule has 1 N–H and O–H groups in total. The van der Waals surface area contributed by atoms with Crippen molar-refractivity contribution in [2.75, 3.05) is 6.54 Å². The molecule has 0 aromatic heterocycles. The molecular formula is C25H24FN3O. The number of carbonyl (C=O) groups excluding carboxylic acids is 1. The van der Waals surface area contributed by atoms with Gasteiger partial charge < -0.3 is 0 Å². The first-order valence-corrected chi connectivity index (χ1v) is 10.1. The molecule has 1 aliphatic rings. The van der Waals surface area contributed by atoms with Crippen LogP contribution in [0.25, 0.3) is 0 Å². The van der Waals surface area contributed by atoms with Gasteiger partial charge in [-0.05, 0) is 59.9 Å². The van der Waals surface area contributed by atoms with Gasteiger partial charge in [-0.2, -0.15) is 5.10 Å². The molecule has 4 rings (SSSR count). The van der Waals surface area contributed by atoms with Crippen LogP contribution in [-0.4, -0.2) is 23.1 Å². The summed E-state index contributed by atoms with van der Waals surface area (Å²) in [4.78, 5) is 14.8. The Morgan fingerprint density at radius 1 is 0.967 bits per heavy atom. The molecule has 1 aliphatic heterocycles. The van der Waals surface area contributed by atoms with E-state index in [1.54, 1.807) is 19.1 Å². The van der Waals surface area contributed by atoms with Gasteiger partial charge in [0.2, 0.25) is 0 Å². The molecule has 0 atom stereocenters. The van der Waals surface area contributed by atoms with Gasteiger partial charge in [-0.25, -0.2) is 9.82 Å². The van der Waals surface area contributed by atoms with Crippen LogP contribution in [0.5, 0.6) is 0 Å². The molecule has 0 saturated carbocycles. The molecule has 0 bridgehead atoms. The minimum atomic E-state index is -0.301. The van der Waals surface area contributed by atoms with Crippen LogP contribution >= 0.6 is 0 Å². The van der Waals surface area contributed by atoms with Gasteiger partial charge in [-0.3, -0.25) is 9.69 Å². The summed E-state index contributed by atoms with van der Waals surface area (Å²) < 4.78 is 13.0. The van der Waals surface area contributed by atoms with Gasteiger partial charge in [0.15, 0.2) is 0 Å². The molecule has 5 heteroatoms. The summed E-state index contributed by atoms with van der Waals surface area (Å²) >= 11 is 0.